The van der Waals surface area contributed by atoms with E-state index in [1.54, 1.807) is 15.7 Å². The van der Waals surface area contributed by atoms with Crippen molar-refractivity contribution in [2.75, 3.05) is 0 Å². The van der Waals surface area contributed by atoms with Gasteiger partial charge in [0, 0.05) is 11.7 Å². The molecule has 1 N–H and O–H groups in total. The standard InChI is InChI=1S/C13H20N6O/c1-9(5-18-8-14-7-15-18)16-13(20)6-19-12(4)10(2)11(3)17-19/h7-9H,5-6H2,1-4H3,(H,16,20)/t9-/m1/s1. The van der Waals surface area contributed by atoms with Crippen LogP contribution in [0.4, 0.5) is 0 Å². The number of nitrogens with zero attached hydrogens (tertiary/aromatic N) is 5. The van der Waals surface area contributed by atoms with Crippen molar-refractivity contribution in [3.63, 3.8) is 0 Å². The second kappa shape index (κ2) is 5.85. The molecular weight excluding hydrogens is 256 g/mol. The van der Waals surface area contributed by atoms with E-state index in [0.29, 0.717) is 6.54 Å². The highest BCUT2D eigenvalue weighted by Crippen LogP contribution is 2.10. The molecule has 2 rings (SSSR count). The fourth-order valence-electron chi connectivity index (χ4n) is 2.05. The number of nitrogens with one attached hydrogen (secondary N) is 1. The van der Waals surface area contributed by atoms with Crippen LogP contribution < -0.4 is 5.32 Å². The van der Waals surface area contributed by atoms with Crippen LogP contribution in [0.5, 0.6) is 0 Å². The van der Waals surface area contributed by atoms with Gasteiger partial charge in [0.1, 0.15) is 19.2 Å². The lowest BCUT2D eigenvalue weighted by Crippen LogP contribution is -2.38. The summed E-state index contributed by atoms with van der Waals surface area (Å²) in [5.41, 5.74) is 3.13. The Labute approximate surface area is 118 Å². The molecule has 2 heterocycles. The molecule has 1 atom stereocenters. The molecule has 0 saturated carbocycles. The molecule has 20 heavy (non-hydrogen) atoms. The predicted octanol–water partition coefficient (Wildman–Crippen LogP) is 0.605. The maximum atomic E-state index is 12.0. The second-order valence-electron chi connectivity index (χ2n) is 5.04. The number of carbonyl (C=O) groups is 1. The van der Waals surface area contributed by atoms with Crippen LogP contribution in [0, 0.1) is 20.8 Å². The lowest BCUT2D eigenvalue weighted by atomic mass is 10.2. The largest absolute Gasteiger partial charge is 0.350 e. The summed E-state index contributed by atoms with van der Waals surface area (Å²) < 4.78 is 3.43. The van der Waals surface area contributed by atoms with Crippen LogP contribution in [-0.4, -0.2) is 36.5 Å². The van der Waals surface area contributed by atoms with Crippen molar-refractivity contribution < 1.29 is 4.79 Å². The molecule has 7 nitrogen and oxygen atoms in total. The van der Waals surface area contributed by atoms with Gasteiger partial charge in [0.2, 0.25) is 5.91 Å². The van der Waals surface area contributed by atoms with Crippen LogP contribution in [0.1, 0.15) is 23.9 Å². The average molecular weight is 276 g/mol. The van der Waals surface area contributed by atoms with Gasteiger partial charge in [0.05, 0.1) is 12.2 Å². The van der Waals surface area contributed by atoms with E-state index in [9.17, 15) is 4.79 Å². The van der Waals surface area contributed by atoms with E-state index in [-0.39, 0.29) is 18.5 Å². The third kappa shape index (κ3) is 3.23. The lowest BCUT2D eigenvalue weighted by Gasteiger charge is -2.14. The van der Waals surface area contributed by atoms with Gasteiger partial charge in [-0.2, -0.15) is 10.2 Å². The third-order valence-corrected chi connectivity index (χ3v) is 3.37. The molecule has 0 aliphatic heterocycles. The highest BCUT2D eigenvalue weighted by atomic mass is 16.2. The summed E-state index contributed by atoms with van der Waals surface area (Å²) in [6.45, 7) is 8.71. The first-order chi connectivity index (χ1) is 9.47. The van der Waals surface area contributed by atoms with Crippen molar-refractivity contribution >= 4 is 5.91 Å². The van der Waals surface area contributed by atoms with E-state index in [4.69, 9.17) is 0 Å². The van der Waals surface area contributed by atoms with Crippen molar-refractivity contribution in [3.8, 4) is 0 Å². The van der Waals surface area contributed by atoms with Crippen LogP contribution in [0.3, 0.4) is 0 Å². The van der Waals surface area contributed by atoms with Gasteiger partial charge in [-0.15, -0.1) is 0 Å². The number of aromatic nitrogens is 5. The molecule has 1 amide bonds. The van der Waals surface area contributed by atoms with Gasteiger partial charge in [0.25, 0.3) is 0 Å². The summed E-state index contributed by atoms with van der Waals surface area (Å²) in [5.74, 6) is -0.0526. The van der Waals surface area contributed by atoms with Crippen molar-refractivity contribution in [1.29, 1.82) is 0 Å². The molecule has 7 heteroatoms. The highest BCUT2D eigenvalue weighted by molar-refractivity contribution is 5.76. The Morgan fingerprint density at radius 2 is 2.15 bits per heavy atom. The second-order valence-corrected chi connectivity index (χ2v) is 5.04. The molecular formula is C13H20N6O. The van der Waals surface area contributed by atoms with Gasteiger partial charge < -0.3 is 5.32 Å². The van der Waals surface area contributed by atoms with Crippen LogP contribution >= 0.6 is 0 Å². The first kappa shape index (κ1) is 14.2. The molecule has 0 aromatic carbocycles. The minimum Gasteiger partial charge on any atom is -0.350 e. The Bertz CT molecular complexity index is 586. The molecule has 0 aliphatic carbocycles. The zero-order valence-corrected chi connectivity index (χ0v) is 12.3. The van der Waals surface area contributed by atoms with E-state index < -0.39 is 0 Å². The van der Waals surface area contributed by atoms with E-state index >= 15 is 0 Å². The van der Waals surface area contributed by atoms with Gasteiger partial charge >= 0.3 is 0 Å². The molecule has 0 radical (unpaired) electrons. The zero-order chi connectivity index (χ0) is 14.7. The average Bonchev–Trinajstić information content (AvgIpc) is 2.95. The molecule has 0 fully saturated rings. The number of rotatable bonds is 5. The highest BCUT2D eigenvalue weighted by Gasteiger charge is 2.13. The molecule has 2 aromatic rings. The Kier molecular flexibility index (Phi) is 4.16. The quantitative estimate of drug-likeness (QED) is 0.867. The minimum absolute atomic E-state index is 0.0118. The van der Waals surface area contributed by atoms with Crippen LogP contribution in [-0.2, 0) is 17.9 Å². The smallest absolute Gasteiger partial charge is 0.242 e. The Balaban J connectivity index is 1.90. The third-order valence-electron chi connectivity index (χ3n) is 3.37. The molecule has 0 aliphatic rings. The fraction of sp³-hybridized carbons (Fsp3) is 0.538. The molecule has 0 bridgehead atoms. The summed E-state index contributed by atoms with van der Waals surface area (Å²) in [5, 5.41) is 11.3. The number of carbonyl (C=O) groups excluding carboxylic acids is 1. The van der Waals surface area contributed by atoms with E-state index in [1.165, 1.54) is 6.33 Å². The van der Waals surface area contributed by atoms with Gasteiger partial charge in [-0.25, -0.2) is 4.98 Å². The summed E-state index contributed by atoms with van der Waals surface area (Å²) >= 11 is 0. The maximum absolute atomic E-state index is 12.0. The van der Waals surface area contributed by atoms with Gasteiger partial charge in [-0.1, -0.05) is 0 Å². The zero-order valence-electron chi connectivity index (χ0n) is 12.3. The maximum Gasteiger partial charge on any atom is 0.242 e. The number of amides is 1. The van der Waals surface area contributed by atoms with E-state index in [1.807, 2.05) is 27.7 Å². The van der Waals surface area contributed by atoms with Crippen LogP contribution in [0.2, 0.25) is 0 Å². The lowest BCUT2D eigenvalue weighted by molar-refractivity contribution is -0.122. The Hall–Kier alpha value is -2.18. The summed E-state index contributed by atoms with van der Waals surface area (Å²) in [6.07, 6.45) is 3.11. The number of aryl methyl sites for hydroxylation is 1. The van der Waals surface area contributed by atoms with Gasteiger partial charge in [-0.05, 0) is 33.3 Å². The van der Waals surface area contributed by atoms with Crippen LogP contribution in [0.25, 0.3) is 0 Å². The molecule has 108 valence electrons. The number of hydrogen-bond donors (Lipinski definition) is 1. The van der Waals surface area contributed by atoms with Crippen molar-refractivity contribution in [2.24, 2.45) is 0 Å². The summed E-state index contributed by atoms with van der Waals surface area (Å²) in [7, 11) is 0. The normalized spacial score (nSPS) is 12.4. The molecule has 0 spiro atoms. The van der Waals surface area contributed by atoms with Crippen molar-refractivity contribution in [3.05, 3.63) is 29.6 Å². The first-order valence-electron chi connectivity index (χ1n) is 6.59. The minimum atomic E-state index is -0.0526. The Morgan fingerprint density at radius 1 is 1.40 bits per heavy atom. The SMILES string of the molecule is Cc1nn(CC(=O)N[C@H](C)Cn2cncn2)c(C)c1C. The fourth-order valence-corrected chi connectivity index (χ4v) is 2.05. The van der Waals surface area contributed by atoms with Crippen molar-refractivity contribution in [1.82, 2.24) is 29.9 Å². The summed E-state index contributed by atoms with van der Waals surface area (Å²) in [6, 6.07) is -0.0118. The van der Waals surface area contributed by atoms with E-state index in [0.717, 1.165) is 17.0 Å². The van der Waals surface area contributed by atoms with Gasteiger partial charge in [-0.3, -0.25) is 14.2 Å². The monoisotopic (exact) mass is 276 g/mol. The molecule has 0 unspecified atom stereocenters. The Morgan fingerprint density at radius 3 is 2.70 bits per heavy atom. The number of hydrogen-bond acceptors (Lipinski definition) is 4. The predicted molar refractivity (Wildman–Crippen MR) is 74.1 cm³/mol. The molecule has 2 aromatic heterocycles. The van der Waals surface area contributed by atoms with Gasteiger partial charge in [0.15, 0.2) is 0 Å². The van der Waals surface area contributed by atoms with E-state index in [2.05, 4.69) is 20.5 Å². The first-order valence-corrected chi connectivity index (χ1v) is 6.59. The van der Waals surface area contributed by atoms with Crippen LogP contribution in [0.15, 0.2) is 12.7 Å². The summed E-state index contributed by atoms with van der Waals surface area (Å²) in [4.78, 5) is 15.9. The topological polar surface area (TPSA) is 77.6 Å². The molecule has 0 saturated heterocycles. The van der Waals surface area contributed by atoms with Crippen molar-refractivity contribution in [2.45, 2.75) is 46.8 Å².